The first-order valence-corrected chi connectivity index (χ1v) is 8.86. The third-order valence-corrected chi connectivity index (χ3v) is 5.84. The van der Waals surface area contributed by atoms with Crippen LogP contribution in [0.3, 0.4) is 0 Å². The zero-order valence-corrected chi connectivity index (χ0v) is 14.1. The van der Waals surface area contributed by atoms with E-state index in [0.29, 0.717) is 21.7 Å². The van der Waals surface area contributed by atoms with Crippen molar-refractivity contribution in [2.24, 2.45) is 5.92 Å². The van der Waals surface area contributed by atoms with Gasteiger partial charge in [0, 0.05) is 4.88 Å². The number of benzene rings is 1. The van der Waals surface area contributed by atoms with Crippen molar-refractivity contribution in [3.63, 3.8) is 0 Å². The zero-order chi connectivity index (χ0) is 16.8. The summed E-state index contributed by atoms with van der Waals surface area (Å²) in [6, 6.07) is 5.98. The van der Waals surface area contributed by atoms with E-state index < -0.39 is 5.69 Å². The third kappa shape index (κ3) is 2.51. The van der Waals surface area contributed by atoms with Crippen LogP contribution >= 0.6 is 11.3 Å². The molecule has 0 aliphatic heterocycles. The van der Waals surface area contributed by atoms with Crippen LogP contribution in [0.2, 0.25) is 0 Å². The van der Waals surface area contributed by atoms with Crippen LogP contribution < -0.4 is 11.2 Å². The molecule has 3 aromatic rings. The van der Waals surface area contributed by atoms with Gasteiger partial charge in [-0.1, -0.05) is 19.1 Å². The number of nitrogens with one attached hydrogen (secondary N) is 1. The second-order valence-corrected chi connectivity index (χ2v) is 7.61. The summed E-state index contributed by atoms with van der Waals surface area (Å²) in [6.07, 6.45) is 2.89. The zero-order valence-electron chi connectivity index (χ0n) is 13.3. The highest BCUT2D eigenvalue weighted by Gasteiger charge is 2.23. The van der Waals surface area contributed by atoms with Crippen LogP contribution in [0.5, 0.6) is 0 Å². The van der Waals surface area contributed by atoms with Crippen molar-refractivity contribution in [3.05, 3.63) is 66.9 Å². The number of aromatic nitrogens is 2. The average Bonchev–Trinajstić information content (AvgIpc) is 2.88. The highest BCUT2D eigenvalue weighted by Crippen LogP contribution is 2.35. The minimum Gasteiger partial charge on any atom is -0.298 e. The van der Waals surface area contributed by atoms with Gasteiger partial charge in [-0.2, -0.15) is 0 Å². The standard InChI is InChI=1S/C18H17FN2O2S/c1-10-5-6-13-14(7-10)24-16-15(13)17(22)21(18(23)20-16)9-11-3-2-4-12(19)8-11/h2-4,8,10H,5-7,9H2,1H3,(H,20,23). The summed E-state index contributed by atoms with van der Waals surface area (Å²) >= 11 is 1.52. The molecule has 1 N–H and O–H groups in total. The second kappa shape index (κ2) is 5.70. The Morgan fingerprint density at radius 1 is 1.38 bits per heavy atom. The Morgan fingerprint density at radius 3 is 3.00 bits per heavy atom. The first kappa shape index (κ1) is 15.3. The molecular weight excluding hydrogens is 327 g/mol. The number of hydrogen-bond donors (Lipinski definition) is 1. The van der Waals surface area contributed by atoms with Crippen LogP contribution in [0.15, 0.2) is 33.9 Å². The summed E-state index contributed by atoms with van der Waals surface area (Å²) in [5.74, 6) is 0.228. The second-order valence-electron chi connectivity index (χ2n) is 6.51. The summed E-state index contributed by atoms with van der Waals surface area (Å²) in [5, 5.41) is 0.637. The van der Waals surface area contributed by atoms with Gasteiger partial charge >= 0.3 is 5.69 Å². The summed E-state index contributed by atoms with van der Waals surface area (Å²) in [7, 11) is 0. The number of fused-ring (bicyclic) bond motifs is 3. The predicted molar refractivity (Wildman–Crippen MR) is 93.4 cm³/mol. The lowest BCUT2D eigenvalue weighted by Crippen LogP contribution is -2.35. The van der Waals surface area contributed by atoms with Crippen molar-refractivity contribution in [1.29, 1.82) is 0 Å². The van der Waals surface area contributed by atoms with Gasteiger partial charge in [0.1, 0.15) is 10.6 Å². The molecule has 1 aliphatic rings. The summed E-state index contributed by atoms with van der Waals surface area (Å²) in [6.45, 7) is 2.28. The molecule has 1 unspecified atom stereocenters. The molecule has 6 heteroatoms. The first-order valence-electron chi connectivity index (χ1n) is 8.04. The number of rotatable bonds is 2. The molecule has 24 heavy (non-hydrogen) atoms. The minimum atomic E-state index is -0.441. The monoisotopic (exact) mass is 344 g/mol. The van der Waals surface area contributed by atoms with Gasteiger partial charge < -0.3 is 0 Å². The first-order chi connectivity index (χ1) is 11.5. The molecule has 0 bridgehead atoms. The summed E-state index contributed by atoms with van der Waals surface area (Å²) in [5.41, 5.74) is 0.968. The van der Waals surface area contributed by atoms with E-state index in [-0.39, 0.29) is 17.9 Å². The molecule has 1 aromatic carbocycles. The van der Waals surface area contributed by atoms with Crippen LogP contribution in [0.4, 0.5) is 4.39 Å². The van der Waals surface area contributed by atoms with Gasteiger partial charge in [0.25, 0.3) is 5.56 Å². The smallest absolute Gasteiger partial charge is 0.298 e. The number of aryl methyl sites for hydroxylation is 1. The Labute approximate surface area is 141 Å². The maximum absolute atomic E-state index is 13.4. The van der Waals surface area contributed by atoms with Gasteiger partial charge in [-0.25, -0.2) is 9.18 Å². The van der Waals surface area contributed by atoms with Crippen molar-refractivity contribution in [1.82, 2.24) is 9.55 Å². The highest BCUT2D eigenvalue weighted by molar-refractivity contribution is 7.18. The van der Waals surface area contributed by atoms with Gasteiger partial charge in [0.2, 0.25) is 0 Å². The number of thiophene rings is 1. The van der Waals surface area contributed by atoms with Crippen molar-refractivity contribution in [2.75, 3.05) is 0 Å². The normalized spacial score (nSPS) is 17.2. The minimum absolute atomic E-state index is 0.0723. The number of hydrogen-bond acceptors (Lipinski definition) is 3. The van der Waals surface area contributed by atoms with E-state index in [1.807, 2.05) is 0 Å². The van der Waals surface area contributed by atoms with E-state index in [1.165, 1.54) is 32.9 Å². The van der Waals surface area contributed by atoms with E-state index in [2.05, 4.69) is 11.9 Å². The number of H-pyrrole nitrogens is 1. The Balaban J connectivity index is 1.88. The van der Waals surface area contributed by atoms with E-state index in [1.54, 1.807) is 12.1 Å². The molecule has 4 nitrogen and oxygen atoms in total. The van der Waals surface area contributed by atoms with Crippen LogP contribution in [-0.2, 0) is 19.4 Å². The van der Waals surface area contributed by atoms with Crippen molar-refractivity contribution < 1.29 is 4.39 Å². The van der Waals surface area contributed by atoms with Crippen LogP contribution in [0.25, 0.3) is 10.2 Å². The third-order valence-electron chi connectivity index (χ3n) is 4.67. The molecule has 4 rings (SSSR count). The lowest BCUT2D eigenvalue weighted by atomic mass is 9.89. The predicted octanol–water partition coefficient (Wildman–Crippen LogP) is 3.06. The van der Waals surface area contributed by atoms with Crippen molar-refractivity contribution >= 4 is 21.6 Å². The SMILES string of the molecule is CC1CCc2c(sc3[nH]c(=O)n(Cc4cccc(F)c4)c(=O)c23)C1. The van der Waals surface area contributed by atoms with Crippen LogP contribution in [0.1, 0.15) is 29.3 Å². The molecule has 0 saturated carbocycles. The molecule has 1 atom stereocenters. The van der Waals surface area contributed by atoms with Gasteiger partial charge in [0.15, 0.2) is 0 Å². The van der Waals surface area contributed by atoms with Gasteiger partial charge in [-0.05, 0) is 48.4 Å². The molecule has 1 aliphatic carbocycles. The van der Waals surface area contributed by atoms with E-state index in [9.17, 15) is 14.0 Å². The molecule has 0 radical (unpaired) electrons. The number of nitrogens with zero attached hydrogens (tertiary/aromatic N) is 1. The van der Waals surface area contributed by atoms with Crippen molar-refractivity contribution in [3.8, 4) is 0 Å². The molecule has 0 saturated heterocycles. The molecule has 0 spiro atoms. The average molecular weight is 344 g/mol. The fraction of sp³-hybridized carbons (Fsp3) is 0.333. The van der Waals surface area contributed by atoms with Gasteiger partial charge in [-0.3, -0.25) is 14.3 Å². The van der Waals surface area contributed by atoms with E-state index in [4.69, 9.17) is 0 Å². The summed E-state index contributed by atoms with van der Waals surface area (Å²) < 4.78 is 14.5. The highest BCUT2D eigenvalue weighted by atomic mass is 32.1. The number of halogens is 1. The summed E-state index contributed by atoms with van der Waals surface area (Å²) in [4.78, 5) is 30.0. The van der Waals surface area contributed by atoms with Gasteiger partial charge in [-0.15, -0.1) is 11.3 Å². The van der Waals surface area contributed by atoms with Crippen molar-refractivity contribution in [2.45, 2.75) is 32.7 Å². The van der Waals surface area contributed by atoms with E-state index >= 15 is 0 Å². The molecule has 124 valence electrons. The lowest BCUT2D eigenvalue weighted by molar-refractivity contribution is 0.509. The van der Waals surface area contributed by atoms with Gasteiger partial charge in [0.05, 0.1) is 11.9 Å². The Morgan fingerprint density at radius 2 is 2.21 bits per heavy atom. The fourth-order valence-electron chi connectivity index (χ4n) is 3.42. The molecule has 2 aromatic heterocycles. The maximum Gasteiger partial charge on any atom is 0.329 e. The number of aromatic amines is 1. The van der Waals surface area contributed by atoms with Crippen LogP contribution in [0, 0.1) is 11.7 Å². The lowest BCUT2D eigenvalue weighted by Gasteiger charge is -2.17. The van der Waals surface area contributed by atoms with E-state index in [0.717, 1.165) is 24.8 Å². The van der Waals surface area contributed by atoms with Crippen LogP contribution in [-0.4, -0.2) is 9.55 Å². The largest absolute Gasteiger partial charge is 0.329 e. The maximum atomic E-state index is 13.4. The molecule has 0 fully saturated rings. The Hall–Kier alpha value is -2.21. The fourth-order valence-corrected chi connectivity index (χ4v) is 4.81. The molecular formula is C18H17FN2O2S. The molecule has 0 amide bonds. The quantitative estimate of drug-likeness (QED) is 0.777. The molecule has 2 heterocycles. The topological polar surface area (TPSA) is 54.9 Å². The Bertz CT molecular complexity index is 1050. The Kier molecular flexibility index (Phi) is 3.64.